The van der Waals surface area contributed by atoms with Crippen molar-refractivity contribution in [2.75, 3.05) is 11.9 Å². The molecule has 1 amide bonds. The maximum absolute atomic E-state index is 12.8. The number of furan rings is 1. The molecule has 1 heterocycles. The highest BCUT2D eigenvalue weighted by molar-refractivity contribution is 5.95. The second-order valence-corrected chi connectivity index (χ2v) is 4.98. The minimum absolute atomic E-state index is 0.405. The van der Waals surface area contributed by atoms with Crippen LogP contribution in [0.25, 0.3) is 6.08 Å². The molecule has 0 fully saturated rings. The van der Waals surface area contributed by atoms with Crippen LogP contribution in [0, 0.1) is 6.92 Å². The van der Waals surface area contributed by atoms with Crippen molar-refractivity contribution in [1.29, 1.82) is 0 Å². The Morgan fingerprint density at radius 1 is 1.20 bits per heavy atom. The molecule has 0 aliphatic heterocycles. The molecule has 1 aromatic heterocycles. The Labute approximate surface area is 141 Å². The van der Waals surface area contributed by atoms with Gasteiger partial charge in [0.05, 0.1) is 11.3 Å². The molecule has 0 saturated heterocycles. The lowest BCUT2D eigenvalue weighted by molar-refractivity contribution is -0.142. The first-order chi connectivity index (χ1) is 11.8. The highest BCUT2D eigenvalue weighted by Crippen LogP contribution is 2.34. The topological polar surface area (TPSA) is 68.5 Å². The van der Waals surface area contributed by atoms with Gasteiger partial charge >= 0.3 is 12.1 Å². The van der Waals surface area contributed by atoms with E-state index in [0.29, 0.717) is 11.5 Å². The van der Waals surface area contributed by atoms with E-state index in [1.54, 1.807) is 19.1 Å². The highest BCUT2D eigenvalue weighted by Gasteiger charge is 2.33. The minimum atomic E-state index is -4.61. The van der Waals surface area contributed by atoms with Crippen LogP contribution in [0.1, 0.15) is 17.1 Å². The molecule has 0 saturated carbocycles. The van der Waals surface area contributed by atoms with Gasteiger partial charge in [-0.25, -0.2) is 4.79 Å². The van der Waals surface area contributed by atoms with Gasteiger partial charge in [-0.05, 0) is 37.3 Å². The Morgan fingerprint density at radius 2 is 1.92 bits per heavy atom. The average molecular weight is 353 g/mol. The van der Waals surface area contributed by atoms with Crippen molar-refractivity contribution < 1.29 is 31.9 Å². The molecule has 0 spiro atoms. The molecular formula is C17H14F3NO4. The zero-order chi connectivity index (χ0) is 18.4. The summed E-state index contributed by atoms with van der Waals surface area (Å²) in [5.41, 5.74) is -1.39. The number of alkyl halides is 3. The predicted molar refractivity (Wildman–Crippen MR) is 83.5 cm³/mol. The van der Waals surface area contributed by atoms with Crippen molar-refractivity contribution >= 4 is 23.6 Å². The van der Waals surface area contributed by atoms with E-state index < -0.39 is 35.9 Å². The van der Waals surface area contributed by atoms with Crippen LogP contribution in [-0.4, -0.2) is 18.5 Å². The number of amides is 1. The summed E-state index contributed by atoms with van der Waals surface area (Å²) in [6, 6.07) is 7.86. The lowest BCUT2D eigenvalue weighted by Crippen LogP contribution is -2.22. The molecule has 2 rings (SSSR count). The summed E-state index contributed by atoms with van der Waals surface area (Å²) in [6.07, 6.45) is -2.20. The lowest BCUT2D eigenvalue weighted by atomic mass is 10.1. The van der Waals surface area contributed by atoms with Gasteiger partial charge in [0.1, 0.15) is 11.5 Å². The van der Waals surface area contributed by atoms with E-state index in [4.69, 9.17) is 4.42 Å². The molecule has 1 aromatic carbocycles. The number of aryl methyl sites for hydroxylation is 1. The van der Waals surface area contributed by atoms with Crippen LogP contribution >= 0.6 is 0 Å². The maximum Gasteiger partial charge on any atom is 0.418 e. The third-order valence-corrected chi connectivity index (χ3v) is 3.00. The molecule has 8 heteroatoms. The summed E-state index contributed by atoms with van der Waals surface area (Å²) in [5.74, 6) is -0.616. The van der Waals surface area contributed by atoms with Crippen molar-refractivity contribution in [3.8, 4) is 0 Å². The number of halogens is 3. The predicted octanol–water partition coefficient (Wildman–Crippen LogP) is 3.80. The number of nitrogens with one attached hydrogen (secondary N) is 1. The summed E-state index contributed by atoms with van der Waals surface area (Å²) in [5, 5.41) is 2.07. The van der Waals surface area contributed by atoms with Crippen LogP contribution in [-0.2, 0) is 20.5 Å². The number of benzene rings is 1. The number of hydrogen-bond acceptors (Lipinski definition) is 4. The molecule has 2 aromatic rings. The molecule has 5 nitrogen and oxygen atoms in total. The van der Waals surface area contributed by atoms with E-state index in [-0.39, 0.29) is 0 Å². The van der Waals surface area contributed by atoms with E-state index in [0.717, 1.165) is 18.2 Å². The molecule has 0 bridgehead atoms. The van der Waals surface area contributed by atoms with Crippen molar-refractivity contribution in [3.05, 3.63) is 59.6 Å². The summed E-state index contributed by atoms with van der Waals surface area (Å²) in [6.45, 7) is 1.02. The smallest absolute Gasteiger partial charge is 0.418 e. The molecule has 0 radical (unpaired) electrons. The van der Waals surface area contributed by atoms with E-state index in [2.05, 4.69) is 10.1 Å². The molecule has 132 valence electrons. The van der Waals surface area contributed by atoms with Crippen LogP contribution in [0.4, 0.5) is 18.9 Å². The second kappa shape index (κ2) is 7.69. The van der Waals surface area contributed by atoms with E-state index in [9.17, 15) is 22.8 Å². The van der Waals surface area contributed by atoms with Crippen molar-refractivity contribution in [2.45, 2.75) is 13.1 Å². The van der Waals surface area contributed by atoms with E-state index in [1.165, 1.54) is 18.2 Å². The third kappa shape index (κ3) is 5.52. The zero-order valence-corrected chi connectivity index (χ0v) is 13.1. The summed E-state index contributed by atoms with van der Waals surface area (Å²) in [4.78, 5) is 23.2. The van der Waals surface area contributed by atoms with Crippen LogP contribution in [0.2, 0.25) is 0 Å². The van der Waals surface area contributed by atoms with Crippen molar-refractivity contribution in [1.82, 2.24) is 0 Å². The fourth-order valence-electron chi connectivity index (χ4n) is 1.90. The number of rotatable bonds is 5. The van der Waals surface area contributed by atoms with Gasteiger partial charge in [0.25, 0.3) is 5.91 Å². The number of esters is 1. The monoisotopic (exact) mass is 353 g/mol. The summed E-state index contributed by atoms with van der Waals surface area (Å²) in [7, 11) is 0. The van der Waals surface area contributed by atoms with Gasteiger partial charge in [-0.2, -0.15) is 13.2 Å². The van der Waals surface area contributed by atoms with E-state index >= 15 is 0 Å². The molecular weight excluding hydrogens is 339 g/mol. The number of anilines is 1. The van der Waals surface area contributed by atoms with Gasteiger partial charge < -0.3 is 14.5 Å². The van der Waals surface area contributed by atoms with Crippen LogP contribution in [0.3, 0.4) is 0 Å². The standard InChI is InChI=1S/C17H14F3NO4/c1-11-6-7-12(25-11)8-9-16(23)24-10-15(22)21-14-5-3-2-4-13(14)17(18,19)20/h2-9H,10H2,1H3,(H,21,22)/b9-8+. The van der Waals surface area contributed by atoms with Gasteiger partial charge in [-0.3, -0.25) is 4.79 Å². The van der Waals surface area contributed by atoms with Crippen LogP contribution in [0.15, 0.2) is 46.9 Å². The fourth-order valence-corrected chi connectivity index (χ4v) is 1.90. The normalized spacial score (nSPS) is 11.5. The lowest BCUT2D eigenvalue weighted by Gasteiger charge is -2.13. The van der Waals surface area contributed by atoms with Gasteiger partial charge in [0.2, 0.25) is 0 Å². The van der Waals surface area contributed by atoms with Crippen LogP contribution in [0.5, 0.6) is 0 Å². The molecule has 25 heavy (non-hydrogen) atoms. The Kier molecular flexibility index (Phi) is 5.63. The largest absolute Gasteiger partial charge is 0.462 e. The van der Waals surface area contributed by atoms with Gasteiger partial charge in [0.15, 0.2) is 6.61 Å². The van der Waals surface area contributed by atoms with E-state index in [1.807, 2.05) is 0 Å². The number of carbonyl (C=O) groups excluding carboxylic acids is 2. The van der Waals surface area contributed by atoms with Gasteiger partial charge in [0, 0.05) is 6.08 Å². The first-order valence-electron chi connectivity index (χ1n) is 7.13. The first-order valence-corrected chi connectivity index (χ1v) is 7.13. The number of carbonyl (C=O) groups is 2. The van der Waals surface area contributed by atoms with Gasteiger partial charge in [-0.1, -0.05) is 12.1 Å². The van der Waals surface area contributed by atoms with Crippen molar-refractivity contribution in [2.24, 2.45) is 0 Å². The highest BCUT2D eigenvalue weighted by atomic mass is 19.4. The third-order valence-electron chi connectivity index (χ3n) is 3.00. The Morgan fingerprint density at radius 3 is 2.56 bits per heavy atom. The Hall–Kier alpha value is -3.03. The molecule has 0 unspecified atom stereocenters. The average Bonchev–Trinajstić information content (AvgIpc) is 2.96. The van der Waals surface area contributed by atoms with Crippen LogP contribution < -0.4 is 5.32 Å². The molecule has 0 aliphatic carbocycles. The minimum Gasteiger partial charge on any atom is -0.462 e. The summed E-state index contributed by atoms with van der Waals surface area (Å²) < 4.78 is 48.3. The quantitative estimate of drug-likeness (QED) is 0.656. The number of ether oxygens (including phenoxy) is 1. The second-order valence-electron chi connectivity index (χ2n) is 4.98. The maximum atomic E-state index is 12.8. The SMILES string of the molecule is Cc1ccc(/C=C/C(=O)OCC(=O)Nc2ccccc2C(F)(F)F)o1. The Bertz CT molecular complexity index is 793. The molecule has 1 N–H and O–H groups in total. The molecule has 0 atom stereocenters. The number of hydrogen-bond donors (Lipinski definition) is 1. The summed E-state index contributed by atoms with van der Waals surface area (Å²) >= 11 is 0. The fraction of sp³-hybridized carbons (Fsp3) is 0.176. The number of para-hydroxylation sites is 1. The zero-order valence-electron chi connectivity index (χ0n) is 13.1. The first kappa shape index (κ1) is 18.3. The van der Waals surface area contributed by atoms with Gasteiger partial charge in [-0.15, -0.1) is 0 Å². The van der Waals surface area contributed by atoms with Crippen molar-refractivity contribution in [3.63, 3.8) is 0 Å². The Balaban J connectivity index is 1.89. The molecule has 0 aliphatic rings.